The molecule has 0 aliphatic carbocycles. The zero-order valence-electron chi connectivity index (χ0n) is 11.4. The third-order valence-corrected chi connectivity index (χ3v) is 2.80. The van der Waals surface area contributed by atoms with E-state index >= 15 is 0 Å². The highest BCUT2D eigenvalue weighted by Crippen LogP contribution is 2.19. The maximum absolute atomic E-state index is 11.8. The molecule has 1 aliphatic heterocycles. The summed E-state index contributed by atoms with van der Waals surface area (Å²) in [5.74, 6) is -0.662. The summed E-state index contributed by atoms with van der Waals surface area (Å²) in [6.45, 7) is 1.32. The summed E-state index contributed by atoms with van der Waals surface area (Å²) in [6.07, 6.45) is 1.55. The van der Waals surface area contributed by atoms with Gasteiger partial charge in [-0.05, 0) is 23.8 Å². The molecule has 0 unspecified atom stereocenters. The van der Waals surface area contributed by atoms with Gasteiger partial charge in [-0.2, -0.15) is 4.99 Å². The lowest BCUT2D eigenvalue weighted by Crippen LogP contribution is -2.37. The number of carbonyl (C=O) groups excluding carboxylic acids is 2. The molecule has 0 radical (unpaired) electrons. The van der Waals surface area contributed by atoms with E-state index in [1.54, 1.807) is 13.1 Å². The molecule has 1 aromatic rings. The molecule has 108 valence electrons. The number of nitrogens with one attached hydrogen (secondary N) is 1. The van der Waals surface area contributed by atoms with Crippen LogP contribution in [0.15, 0.2) is 35.0 Å². The van der Waals surface area contributed by atoms with Gasteiger partial charge in [0.05, 0.1) is 4.92 Å². The first-order chi connectivity index (χ1) is 9.88. The van der Waals surface area contributed by atoms with Crippen molar-refractivity contribution in [2.24, 2.45) is 4.99 Å². The van der Waals surface area contributed by atoms with Gasteiger partial charge < -0.3 is 4.90 Å². The Labute approximate surface area is 119 Å². The summed E-state index contributed by atoms with van der Waals surface area (Å²) in [7, 11) is 1.59. The Morgan fingerprint density at radius 2 is 2.00 bits per heavy atom. The van der Waals surface area contributed by atoms with Crippen molar-refractivity contribution in [2.75, 3.05) is 7.05 Å². The number of non-ortho nitro benzene ring substituents is 1. The van der Waals surface area contributed by atoms with Crippen LogP contribution in [0, 0.1) is 10.1 Å². The molecule has 0 saturated carbocycles. The molecule has 0 spiro atoms. The molecule has 2 amide bonds. The van der Waals surface area contributed by atoms with E-state index in [9.17, 15) is 19.7 Å². The molecule has 0 aromatic heterocycles. The zero-order chi connectivity index (χ0) is 15.6. The number of hydrogen-bond donors (Lipinski definition) is 1. The van der Waals surface area contributed by atoms with E-state index in [4.69, 9.17) is 0 Å². The largest absolute Gasteiger partial charge is 0.310 e. The minimum Gasteiger partial charge on any atom is -0.310 e. The number of nitro groups is 1. The maximum atomic E-state index is 11.8. The number of hydrogen-bond acceptors (Lipinski definition) is 5. The van der Waals surface area contributed by atoms with E-state index < -0.39 is 10.8 Å². The average Bonchev–Trinajstić information content (AvgIpc) is 2.66. The Hall–Kier alpha value is -3.03. The number of carbonyl (C=O) groups is 2. The van der Waals surface area contributed by atoms with Gasteiger partial charge in [0.25, 0.3) is 11.6 Å². The molecule has 1 heterocycles. The zero-order valence-corrected chi connectivity index (χ0v) is 11.4. The number of rotatable bonds is 2. The Morgan fingerprint density at radius 3 is 2.52 bits per heavy atom. The molecule has 8 heteroatoms. The predicted molar refractivity (Wildman–Crippen MR) is 75.1 cm³/mol. The Kier molecular flexibility index (Phi) is 3.79. The van der Waals surface area contributed by atoms with Gasteiger partial charge >= 0.3 is 0 Å². The van der Waals surface area contributed by atoms with Gasteiger partial charge in [-0.3, -0.25) is 25.0 Å². The quantitative estimate of drug-likeness (QED) is 0.494. The third kappa shape index (κ3) is 3.11. The van der Waals surface area contributed by atoms with Crippen LogP contribution in [0.5, 0.6) is 0 Å². The van der Waals surface area contributed by atoms with Crippen LogP contribution < -0.4 is 5.32 Å². The first-order valence-corrected chi connectivity index (χ1v) is 5.99. The first-order valence-electron chi connectivity index (χ1n) is 5.99. The highest BCUT2D eigenvalue weighted by atomic mass is 16.6. The summed E-state index contributed by atoms with van der Waals surface area (Å²) >= 11 is 0. The summed E-state index contributed by atoms with van der Waals surface area (Å²) in [5.41, 5.74) is 0.862. The number of amides is 2. The summed E-state index contributed by atoms with van der Waals surface area (Å²) in [6, 6.07) is 5.76. The third-order valence-electron chi connectivity index (χ3n) is 2.80. The van der Waals surface area contributed by atoms with Gasteiger partial charge in [-0.15, -0.1) is 0 Å². The van der Waals surface area contributed by atoms with Gasteiger partial charge in [0.2, 0.25) is 11.9 Å². The fraction of sp³-hybridized carbons (Fsp3) is 0.154. The Morgan fingerprint density at radius 1 is 1.38 bits per heavy atom. The average molecular weight is 288 g/mol. The monoisotopic (exact) mass is 288 g/mol. The van der Waals surface area contributed by atoms with Gasteiger partial charge in [0.15, 0.2) is 0 Å². The van der Waals surface area contributed by atoms with Crippen LogP contribution in [0.2, 0.25) is 0 Å². The fourth-order valence-corrected chi connectivity index (χ4v) is 1.76. The molecule has 0 bridgehead atoms. The smallest absolute Gasteiger partial charge is 0.296 e. The van der Waals surface area contributed by atoms with E-state index in [1.807, 2.05) is 0 Å². The molecular weight excluding hydrogens is 276 g/mol. The first kappa shape index (κ1) is 14.4. The van der Waals surface area contributed by atoms with Gasteiger partial charge in [0, 0.05) is 26.1 Å². The van der Waals surface area contributed by atoms with Crippen LogP contribution in [-0.2, 0) is 9.59 Å². The van der Waals surface area contributed by atoms with E-state index in [2.05, 4.69) is 10.3 Å². The van der Waals surface area contributed by atoms with Gasteiger partial charge in [-0.25, -0.2) is 0 Å². The Balaban J connectivity index is 2.24. The Bertz CT molecular complexity index is 676. The topological polar surface area (TPSA) is 105 Å². The van der Waals surface area contributed by atoms with Crippen molar-refractivity contribution in [2.45, 2.75) is 6.92 Å². The van der Waals surface area contributed by atoms with Crippen molar-refractivity contribution in [1.82, 2.24) is 10.2 Å². The highest BCUT2D eigenvalue weighted by Gasteiger charge is 2.26. The van der Waals surface area contributed by atoms with Gasteiger partial charge in [0.1, 0.15) is 5.70 Å². The molecule has 21 heavy (non-hydrogen) atoms. The van der Waals surface area contributed by atoms with Crippen molar-refractivity contribution in [3.8, 4) is 0 Å². The lowest BCUT2D eigenvalue weighted by Gasteiger charge is -2.14. The molecule has 2 rings (SSSR count). The number of benzene rings is 1. The molecule has 1 N–H and O–H groups in total. The van der Waals surface area contributed by atoms with Crippen LogP contribution in [0.3, 0.4) is 0 Å². The summed E-state index contributed by atoms with van der Waals surface area (Å²) in [4.78, 5) is 38.1. The SMILES string of the molecule is CC(=O)NC1=NC(=O)/C(=C\c2ccc([N+](=O)[O-])cc2)N1C. The second kappa shape index (κ2) is 5.53. The number of guanidine groups is 1. The normalized spacial score (nSPS) is 16.1. The molecule has 0 fully saturated rings. The second-order valence-electron chi connectivity index (χ2n) is 4.36. The number of aliphatic imine (C=N–C) groups is 1. The van der Waals surface area contributed by atoms with Crippen LogP contribution in [-0.4, -0.2) is 34.6 Å². The molecule has 8 nitrogen and oxygen atoms in total. The van der Waals surface area contributed by atoms with Crippen molar-refractivity contribution < 1.29 is 14.5 Å². The highest BCUT2D eigenvalue weighted by molar-refractivity contribution is 6.15. The number of nitrogens with zero attached hydrogens (tertiary/aromatic N) is 3. The van der Waals surface area contributed by atoms with E-state index in [0.717, 1.165) is 0 Å². The second-order valence-corrected chi connectivity index (χ2v) is 4.36. The molecule has 1 aliphatic rings. The predicted octanol–water partition coefficient (Wildman–Crippen LogP) is 0.900. The number of nitro benzene ring substituents is 1. The lowest BCUT2D eigenvalue weighted by atomic mass is 10.1. The fourth-order valence-electron chi connectivity index (χ4n) is 1.76. The maximum Gasteiger partial charge on any atom is 0.296 e. The minimum absolute atomic E-state index is 0.0292. The van der Waals surface area contributed by atoms with Crippen molar-refractivity contribution in [1.29, 1.82) is 0 Å². The minimum atomic E-state index is -0.498. The van der Waals surface area contributed by atoms with Crippen LogP contribution >= 0.6 is 0 Å². The van der Waals surface area contributed by atoms with E-state index in [0.29, 0.717) is 5.56 Å². The van der Waals surface area contributed by atoms with Crippen molar-refractivity contribution >= 4 is 29.5 Å². The summed E-state index contributed by atoms with van der Waals surface area (Å²) in [5, 5.41) is 13.0. The van der Waals surface area contributed by atoms with Crippen LogP contribution in [0.1, 0.15) is 12.5 Å². The number of likely N-dealkylation sites (N-methyl/N-ethyl adjacent to an activating group) is 1. The molecular formula is C13H12N4O4. The molecule has 0 saturated heterocycles. The van der Waals surface area contributed by atoms with E-state index in [1.165, 1.54) is 36.1 Å². The lowest BCUT2D eigenvalue weighted by molar-refractivity contribution is -0.384. The molecule has 0 atom stereocenters. The van der Waals surface area contributed by atoms with Crippen molar-refractivity contribution in [3.63, 3.8) is 0 Å². The van der Waals surface area contributed by atoms with Crippen LogP contribution in [0.4, 0.5) is 5.69 Å². The van der Waals surface area contributed by atoms with Crippen molar-refractivity contribution in [3.05, 3.63) is 45.6 Å². The van der Waals surface area contributed by atoms with Gasteiger partial charge in [-0.1, -0.05) is 0 Å². The van der Waals surface area contributed by atoms with E-state index in [-0.39, 0.29) is 23.3 Å². The molecule has 1 aromatic carbocycles. The summed E-state index contributed by atoms with van der Waals surface area (Å²) < 4.78 is 0. The van der Waals surface area contributed by atoms with Crippen LogP contribution in [0.25, 0.3) is 6.08 Å². The standard InChI is InChI=1S/C13H12N4O4/c1-8(18)14-13-15-12(19)11(16(13)2)7-9-3-5-10(6-4-9)17(20)21/h3-7H,1-2H3,(H,14,15,18,19)/b11-7+.